The number of nitrogens with two attached hydrogens (primary N) is 1. The summed E-state index contributed by atoms with van der Waals surface area (Å²) in [6, 6.07) is 0.201. The van der Waals surface area contributed by atoms with Gasteiger partial charge in [-0.2, -0.15) is 0 Å². The molecule has 1 fully saturated rings. The molecule has 0 aromatic carbocycles. The second-order valence-corrected chi connectivity index (χ2v) is 6.86. The number of thiazole rings is 1. The zero-order valence-electron chi connectivity index (χ0n) is 13.2. The molecule has 0 bridgehead atoms. The number of nitrogens with one attached hydrogen (secondary N) is 1. The molecule has 1 saturated carbocycles. The van der Waals surface area contributed by atoms with Crippen molar-refractivity contribution in [2.75, 3.05) is 24.2 Å². The van der Waals surface area contributed by atoms with Gasteiger partial charge >= 0.3 is 0 Å². The molecule has 6 heteroatoms. The number of carbonyl (C=O) groups is 1. The number of anilines is 2. The zero-order valence-corrected chi connectivity index (χ0v) is 14.0. The number of hydrogen-bond acceptors (Lipinski definition) is 5. The first kappa shape index (κ1) is 16.1. The maximum Gasteiger partial charge on any atom is 0.265 e. The van der Waals surface area contributed by atoms with Gasteiger partial charge in [-0.05, 0) is 32.6 Å². The fraction of sp³-hybridized carbons (Fsp3) is 0.733. The third-order valence-electron chi connectivity index (χ3n) is 4.36. The maximum absolute atomic E-state index is 12.4. The van der Waals surface area contributed by atoms with Crippen LogP contribution in [0.5, 0.6) is 0 Å². The highest BCUT2D eigenvalue weighted by Crippen LogP contribution is 2.29. The Bertz CT molecular complexity index is 482. The van der Waals surface area contributed by atoms with Gasteiger partial charge in [0.15, 0.2) is 5.13 Å². The van der Waals surface area contributed by atoms with E-state index in [2.05, 4.69) is 17.2 Å². The van der Waals surface area contributed by atoms with Gasteiger partial charge in [0.2, 0.25) is 0 Å². The van der Waals surface area contributed by atoms with E-state index in [1.54, 1.807) is 0 Å². The topological polar surface area (TPSA) is 71.2 Å². The highest BCUT2D eigenvalue weighted by Gasteiger charge is 2.24. The first-order valence-corrected chi connectivity index (χ1v) is 8.62. The number of hydrogen-bond donors (Lipinski definition) is 2. The van der Waals surface area contributed by atoms with E-state index in [-0.39, 0.29) is 11.9 Å². The Morgan fingerprint density at radius 1 is 1.48 bits per heavy atom. The molecule has 0 aliphatic heterocycles. The molecule has 1 aliphatic carbocycles. The number of carbonyl (C=O) groups excluding carboxylic acids is 1. The minimum absolute atomic E-state index is 0.0844. The molecule has 1 aliphatic rings. The zero-order chi connectivity index (χ0) is 15.4. The summed E-state index contributed by atoms with van der Waals surface area (Å²) in [5.74, 6) is 0.845. The molecule has 1 heterocycles. The average Bonchev–Trinajstić information content (AvgIpc) is 2.89. The Balaban J connectivity index is 2.00. The normalized spacial score (nSPS) is 17.5. The number of amides is 1. The third kappa shape index (κ3) is 3.87. The summed E-state index contributed by atoms with van der Waals surface area (Å²) in [5, 5.41) is 3.91. The van der Waals surface area contributed by atoms with Crippen molar-refractivity contribution in [3.05, 3.63) is 4.88 Å². The average molecular weight is 310 g/mol. The minimum atomic E-state index is -0.0844. The van der Waals surface area contributed by atoms with Crippen LogP contribution in [-0.4, -0.2) is 30.5 Å². The molecular weight excluding hydrogens is 284 g/mol. The van der Waals surface area contributed by atoms with Crippen LogP contribution in [0, 0.1) is 5.92 Å². The van der Waals surface area contributed by atoms with Crippen LogP contribution >= 0.6 is 11.3 Å². The fourth-order valence-electron chi connectivity index (χ4n) is 2.81. The lowest BCUT2D eigenvalue weighted by atomic mass is 9.84. The minimum Gasteiger partial charge on any atom is -0.382 e. The molecule has 21 heavy (non-hydrogen) atoms. The molecule has 1 amide bonds. The molecule has 5 nitrogen and oxygen atoms in total. The maximum atomic E-state index is 12.4. The van der Waals surface area contributed by atoms with E-state index in [0.29, 0.717) is 16.6 Å². The molecule has 0 saturated heterocycles. The van der Waals surface area contributed by atoms with Crippen molar-refractivity contribution in [3.8, 4) is 0 Å². The first-order chi connectivity index (χ1) is 10.0. The lowest BCUT2D eigenvalue weighted by Crippen LogP contribution is -2.38. The summed E-state index contributed by atoms with van der Waals surface area (Å²) in [4.78, 5) is 19.2. The Labute approximate surface area is 130 Å². The number of nitrogens with zero attached hydrogens (tertiary/aromatic N) is 2. The van der Waals surface area contributed by atoms with Crippen molar-refractivity contribution < 1.29 is 4.79 Å². The van der Waals surface area contributed by atoms with Crippen LogP contribution in [0.25, 0.3) is 0 Å². The Kier molecular flexibility index (Phi) is 5.45. The molecule has 1 aromatic rings. The Morgan fingerprint density at radius 3 is 2.76 bits per heavy atom. The second-order valence-electron chi connectivity index (χ2n) is 5.89. The monoisotopic (exact) mass is 310 g/mol. The van der Waals surface area contributed by atoms with Crippen molar-refractivity contribution in [1.82, 2.24) is 10.3 Å². The molecule has 1 unspecified atom stereocenters. The third-order valence-corrected chi connectivity index (χ3v) is 5.55. The van der Waals surface area contributed by atoms with Crippen molar-refractivity contribution >= 4 is 28.2 Å². The fourth-order valence-corrected chi connectivity index (χ4v) is 3.72. The molecule has 1 aromatic heterocycles. The van der Waals surface area contributed by atoms with E-state index in [0.717, 1.165) is 11.7 Å². The van der Waals surface area contributed by atoms with Gasteiger partial charge in [-0.15, -0.1) is 0 Å². The van der Waals surface area contributed by atoms with Gasteiger partial charge in [-0.3, -0.25) is 4.79 Å². The number of rotatable bonds is 5. The highest BCUT2D eigenvalue weighted by atomic mass is 32.1. The van der Waals surface area contributed by atoms with Crippen LogP contribution in [0.2, 0.25) is 0 Å². The van der Waals surface area contributed by atoms with Gasteiger partial charge in [0.1, 0.15) is 10.7 Å². The van der Waals surface area contributed by atoms with Crippen molar-refractivity contribution in [1.29, 1.82) is 0 Å². The predicted octanol–water partition coefficient (Wildman–Crippen LogP) is 2.88. The standard InChI is InChI=1S/C15H26N4OS/c1-4-19(3)15-18-13(16)12(21-15)14(20)17-10(2)11-8-6-5-7-9-11/h10-11H,4-9,16H2,1-3H3,(H,17,20). The van der Waals surface area contributed by atoms with Crippen LogP contribution in [0.15, 0.2) is 0 Å². The molecular formula is C15H26N4OS. The van der Waals surface area contributed by atoms with Crippen LogP contribution in [0.3, 0.4) is 0 Å². The van der Waals surface area contributed by atoms with Gasteiger partial charge in [0, 0.05) is 19.6 Å². The smallest absolute Gasteiger partial charge is 0.265 e. The number of aromatic nitrogens is 1. The molecule has 1 atom stereocenters. The summed E-state index contributed by atoms with van der Waals surface area (Å²) in [5.41, 5.74) is 5.90. The van der Waals surface area contributed by atoms with Crippen LogP contribution in [-0.2, 0) is 0 Å². The Hall–Kier alpha value is -1.30. The van der Waals surface area contributed by atoms with E-state index in [4.69, 9.17) is 5.73 Å². The second kappa shape index (κ2) is 7.11. The van der Waals surface area contributed by atoms with Crippen LogP contribution in [0.4, 0.5) is 10.9 Å². The number of nitrogen functional groups attached to an aromatic ring is 1. The Morgan fingerprint density at radius 2 is 2.14 bits per heavy atom. The van der Waals surface area contributed by atoms with Gasteiger partial charge in [0.05, 0.1) is 0 Å². The van der Waals surface area contributed by atoms with E-state index in [1.807, 2.05) is 18.9 Å². The van der Waals surface area contributed by atoms with Crippen molar-refractivity contribution in [2.24, 2.45) is 5.92 Å². The quantitative estimate of drug-likeness (QED) is 0.877. The lowest BCUT2D eigenvalue weighted by molar-refractivity contribution is 0.0924. The summed E-state index contributed by atoms with van der Waals surface area (Å²) >= 11 is 1.37. The van der Waals surface area contributed by atoms with E-state index >= 15 is 0 Å². The first-order valence-electron chi connectivity index (χ1n) is 7.81. The molecule has 0 spiro atoms. The van der Waals surface area contributed by atoms with Crippen molar-refractivity contribution in [3.63, 3.8) is 0 Å². The molecule has 2 rings (SSSR count). The van der Waals surface area contributed by atoms with Gasteiger partial charge in [-0.1, -0.05) is 30.6 Å². The summed E-state index contributed by atoms with van der Waals surface area (Å²) in [6.07, 6.45) is 6.30. The van der Waals surface area contributed by atoms with Gasteiger partial charge < -0.3 is 16.0 Å². The SMILES string of the molecule is CCN(C)c1nc(N)c(C(=O)NC(C)C2CCCCC2)s1. The molecule has 3 N–H and O–H groups in total. The van der Waals surface area contributed by atoms with E-state index in [1.165, 1.54) is 43.4 Å². The van der Waals surface area contributed by atoms with Gasteiger partial charge in [0.25, 0.3) is 5.91 Å². The van der Waals surface area contributed by atoms with E-state index < -0.39 is 0 Å². The highest BCUT2D eigenvalue weighted by molar-refractivity contribution is 7.18. The predicted molar refractivity (Wildman–Crippen MR) is 89.0 cm³/mol. The summed E-state index contributed by atoms with van der Waals surface area (Å²) in [6.45, 7) is 4.99. The van der Waals surface area contributed by atoms with Crippen LogP contribution in [0.1, 0.15) is 55.6 Å². The molecule has 118 valence electrons. The van der Waals surface area contributed by atoms with Gasteiger partial charge in [-0.25, -0.2) is 4.98 Å². The summed E-state index contributed by atoms with van der Waals surface area (Å²) < 4.78 is 0. The van der Waals surface area contributed by atoms with Crippen molar-refractivity contribution in [2.45, 2.75) is 52.0 Å². The van der Waals surface area contributed by atoms with E-state index in [9.17, 15) is 4.79 Å². The van der Waals surface area contributed by atoms with Crippen LogP contribution < -0.4 is 16.0 Å². The largest absolute Gasteiger partial charge is 0.382 e. The lowest BCUT2D eigenvalue weighted by Gasteiger charge is -2.28. The summed E-state index contributed by atoms with van der Waals surface area (Å²) in [7, 11) is 1.95. The molecule has 0 radical (unpaired) electrons.